The SMILES string of the molecule is CCCCc1nc2c(Cc3ccc(C(=O)OC)c4ccccc34)cc(NC(=O)NC3CCCCC3)cc2[nH]1. The van der Waals surface area contributed by atoms with Gasteiger partial charge < -0.3 is 20.4 Å². The predicted octanol–water partition coefficient (Wildman–Crippen LogP) is 6.89. The summed E-state index contributed by atoms with van der Waals surface area (Å²) >= 11 is 0. The van der Waals surface area contributed by atoms with Crippen LogP contribution in [0.4, 0.5) is 10.5 Å². The number of amides is 2. The number of rotatable bonds is 8. The molecule has 0 saturated heterocycles. The smallest absolute Gasteiger partial charge is 0.338 e. The highest BCUT2D eigenvalue weighted by Crippen LogP contribution is 2.30. The van der Waals surface area contributed by atoms with Crippen LogP contribution in [-0.4, -0.2) is 35.1 Å². The fourth-order valence-electron chi connectivity index (χ4n) is 5.52. The van der Waals surface area contributed by atoms with E-state index in [0.717, 1.165) is 76.5 Å². The summed E-state index contributed by atoms with van der Waals surface area (Å²) in [6.07, 6.45) is 9.29. The average Bonchev–Trinajstić information content (AvgIpc) is 3.35. The molecule has 0 atom stereocenters. The number of H-pyrrole nitrogens is 1. The highest BCUT2D eigenvalue weighted by molar-refractivity contribution is 6.05. The van der Waals surface area contributed by atoms with Crippen molar-refractivity contribution in [3.05, 3.63) is 71.0 Å². The number of unbranched alkanes of at least 4 members (excludes halogenated alkanes) is 1. The number of hydrogen-bond donors (Lipinski definition) is 3. The van der Waals surface area contributed by atoms with Crippen molar-refractivity contribution in [2.24, 2.45) is 0 Å². The zero-order valence-corrected chi connectivity index (χ0v) is 22.2. The van der Waals surface area contributed by atoms with Crippen molar-refractivity contribution in [2.75, 3.05) is 12.4 Å². The van der Waals surface area contributed by atoms with Crippen molar-refractivity contribution in [3.8, 4) is 0 Å². The van der Waals surface area contributed by atoms with Gasteiger partial charge in [-0.2, -0.15) is 0 Å². The minimum absolute atomic E-state index is 0.166. The first-order chi connectivity index (χ1) is 18.6. The van der Waals surface area contributed by atoms with Crippen LogP contribution in [0.25, 0.3) is 21.8 Å². The van der Waals surface area contributed by atoms with E-state index in [1.54, 1.807) is 0 Å². The number of aromatic amines is 1. The number of aryl methyl sites for hydroxylation is 1. The topological polar surface area (TPSA) is 96.1 Å². The number of hydrogen-bond acceptors (Lipinski definition) is 4. The highest BCUT2D eigenvalue weighted by Gasteiger charge is 2.18. The van der Waals surface area contributed by atoms with Gasteiger partial charge in [-0.15, -0.1) is 0 Å². The van der Waals surface area contributed by atoms with E-state index >= 15 is 0 Å². The minimum atomic E-state index is -0.349. The summed E-state index contributed by atoms with van der Waals surface area (Å²) < 4.78 is 5.00. The molecule has 7 nitrogen and oxygen atoms in total. The molecule has 1 heterocycles. The summed E-state index contributed by atoms with van der Waals surface area (Å²) in [5.41, 5.74) is 5.21. The van der Waals surface area contributed by atoms with E-state index in [4.69, 9.17) is 9.72 Å². The molecule has 1 fully saturated rings. The molecule has 38 heavy (non-hydrogen) atoms. The van der Waals surface area contributed by atoms with Crippen molar-refractivity contribution in [1.82, 2.24) is 15.3 Å². The lowest BCUT2D eigenvalue weighted by molar-refractivity contribution is 0.0603. The maximum Gasteiger partial charge on any atom is 0.338 e. The molecular formula is C31H36N4O3. The van der Waals surface area contributed by atoms with Gasteiger partial charge >= 0.3 is 12.0 Å². The van der Waals surface area contributed by atoms with Crippen LogP contribution in [-0.2, 0) is 17.6 Å². The summed E-state index contributed by atoms with van der Waals surface area (Å²) in [4.78, 5) is 33.6. The lowest BCUT2D eigenvalue weighted by atomic mass is 9.94. The van der Waals surface area contributed by atoms with Gasteiger partial charge in [0.15, 0.2) is 0 Å². The van der Waals surface area contributed by atoms with Crippen molar-refractivity contribution in [2.45, 2.75) is 70.8 Å². The van der Waals surface area contributed by atoms with Crippen LogP contribution in [0, 0.1) is 0 Å². The van der Waals surface area contributed by atoms with Crippen molar-refractivity contribution in [3.63, 3.8) is 0 Å². The first-order valence-corrected chi connectivity index (χ1v) is 13.7. The van der Waals surface area contributed by atoms with Gasteiger partial charge in [-0.1, -0.05) is 62.9 Å². The van der Waals surface area contributed by atoms with E-state index in [2.05, 4.69) is 22.5 Å². The highest BCUT2D eigenvalue weighted by atomic mass is 16.5. The number of carbonyl (C=O) groups excluding carboxylic acids is 2. The Morgan fingerprint density at radius 2 is 1.82 bits per heavy atom. The van der Waals surface area contributed by atoms with Gasteiger partial charge in [0, 0.05) is 24.6 Å². The normalized spacial score (nSPS) is 14.1. The molecule has 3 aromatic carbocycles. The summed E-state index contributed by atoms with van der Waals surface area (Å²) in [7, 11) is 1.40. The van der Waals surface area contributed by atoms with E-state index < -0.39 is 0 Å². The van der Waals surface area contributed by atoms with Crippen LogP contribution in [0.5, 0.6) is 0 Å². The fourth-order valence-corrected chi connectivity index (χ4v) is 5.52. The molecule has 4 aromatic rings. The van der Waals surface area contributed by atoms with E-state index in [9.17, 15) is 9.59 Å². The van der Waals surface area contributed by atoms with Crippen LogP contribution < -0.4 is 10.6 Å². The number of aromatic nitrogens is 2. The Labute approximate surface area is 223 Å². The number of ether oxygens (including phenoxy) is 1. The summed E-state index contributed by atoms with van der Waals surface area (Å²) in [5, 5.41) is 8.07. The zero-order valence-electron chi connectivity index (χ0n) is 22.2. The molecule has 1 aliphatic carbocycles. The molecule has 0 aliphatic heterocycles. The van der Waals surface area contributed by atoms with Crippen LogP contribution in [0.2, 0.25) is 0 Å². The number of benzene rings is 3. The van der Waals surface area contributed by atoms with E-state index in [1.165, 1.54) is 26.4 Å². The molecule has 0 unspecified atom stereocenters. The third-order valence-corrected chi connectivity index (χ3v) is 7.48. The summed E-state index contributed by atoms with van der Waals surface area (Å²) in [6.45, 7) is 2.17. The van der Waals surface area contributed by atoms with Gasteiger partial charge in [-0.3, -0.25) is 0 Å². The lowest BCUT2D eigenvalue weighted by Gasteiger charge is -2.23. The Kier molecular flexibility index (Phi) is 7.91. The molecule has 1 aromatic heterocycles. The third kappa shape index (κ3) is 5.67. The van der Waals surface area contributed by atoms with Gasteiger partial charge in [0.2, 0.25) is 0 Å². The number of carbonyl (C=O) groups is 2. The molecule has 1 aliphatic rings. The Hall–Kier alpha value is -3.87. The monoisotopic (exact) mass is 512 g/mol. The number of urea groups is 1. The molecule has 2 amide bonds. The predicted molar refractivity (Wildman–Crippen MR) is 152 cm³/mol. The standard InChI is InChI=1S/C31H36N4O3/c1-3-4-14-28-34-27-19-23(33-31(37)32-22-10-6-5-7-11-22)18-21(29(27)35-28)17-20-15-16-26(30(36)38-2)25-13-9-8-12-24(20)25/h8-9,12-13,15-16,18-19,22H,3-7,10-11,14,17H2,1-2H3,(H,34,35)(H2,32,33,37). The van der Waals surface area contributed by atoms with Crippen molar-refractivity contribution in [1.29, 1.82) is 0 Å². The number of fused-ring (bicyclic) bond motifs is 2. The molecule has 198 valence electrons. The maximum absolute atomic E-state index is 12.8. The fraction of sp³-hybridized carbons (Fsp3) is 0.387. The maximum atomic E-state index is 12.8. The molecule has 0 bridgehead atoms. The number of nitrogens with zero attached hydrogens (tertiary/aromatic N) is 1. The number of methoxy groups -OCH3 is 1. The van der Waals surface area contributed by atoms with Gasteiger partial charge in [0.1, 0.15) is 5.82 Å². The second-order valence-corrected chi connectivity index (χ2v) is 10.2. The van der Waals surface area contributed by atoms with Gasteiger partial charge in [0.05, 0.1) is 23.7 Å². The lowest BCUT2D eigenvalue weighted by Crippen LogP contribution is -2.39. The Morgan fingerprint density at radius 3 is 2.58 bits per heavy atom. The second kappa shape index (κ2) is 11.7. The van der Waals surface area contributed by atoms with Crippen molar-refractivity contribution >= 4 is 39.5 Å². The Morgan fingerprint density at radius 1 is 1.03 bits per heavy atom. The number of anilines is 1. The van der Waals surface area contributed by atoms with E-state index in [0.29, 0.717) is 12.0 Å². The minimum Gasteiger partial charge on any atom is -0.465 e. The first-order valence-electron chi connectivity index (χ1n) is 13.7. The Bertz CT molecular complexity index is 1450. The molecule has 7 heteroatoms. The van der Waals surface area contributed by atoms with Crippen LogP contribution in [0.3, 0.4) is 0 Å². The largest absolute Gasteiger partial charge is 0.465 e. The zero-order chi connectivity index (χ0) is 26.5. The molecular weight excluding hydrogens is 476 g/mol. The van der Waals surface area contributed by atoms with Crippen LogP contribution in [0.1, 0.15) is 79.2 Å². The van der Waals surface area contributed by atoms with E-state index in [-0.39, 0.29) is 18.0 Å². The second-order valence-electron chi connectivity index (χ2n) is 10.2. The van der Waals surface area contributed by atoms with Crippen LogP contribution >= 0.6 is 0 Å². The van der Waals surface area contributed by atoms with E-state index in [1.807, 2.05) is 48.5 Å². The summed E-state index contributed by atoms with van der Waals surface area (Å²) in [5.74, 6) is 0.607. The average molecular weight is 513 g/mol. The Balaban J connectivity index is 1.50. The van der Waals surface area contributed by atoms with Crippen molar-refractivity contribution < 1.29 is 14.3 Å². The first kappa shape index (κ1) is 25.8. The number of esters is 1. The summed E-state index contributed by atoms with van der Waals surface area (Å²) in [6, 6.07) is 15.8. The number of nitrogens with one attached hydrogen (secondary N) is 3. The molecule has 1 saturated carbocycles. The molecule has 0 radical (unpaired) electrons. The molecule has 0 spiro atoms. The quantitative estimate of drug-likeness (QED) is 0.224. The molecule has 3 N–H and O–H groups in total. The molecule has 5 rings (SSSR count). The van der Waals surface area contributed by atoms with Gasteiger partial charge in [0.25, 0.3) is 0 Å². The van der Waals surface area contributed by atoms with Gasteiger partial charge in [-0.25, -0.2) is 14.6 Å². The van der Waals surface area contributed by atoms with Crippen LogP contribution in [0.15, 0.2) is 48.5 Å². The number of imidazole rings is 1. The van der Waals surface area contributed by atoms with Gasteiger partial charge in [-0.05, 0) is 59.4 Å². The third-order valence-electron chi connectivity index (χ3n) is 7.48.